The summed E-state index contributed by atoms with van der Waals surface area (Å²) in [5, 5.41) is 0. The lowest BCUT2D eigenvalue weighted by Gasteiger charge is -2.11. The third-order valence-corrected chi connectivity index (χ3v) is 15.8. The monoisotopic (exact) mass is 869 g/mol. The van der Waals surface area contributed by atoms with Gasteiger partial charge in [-0.05, 0) is 36.5 Å². The summed E-state index contributed by atoms with van der Waals surface area (Å²) in [6, 6.07) is 0. The first-order chi connectivity index (χ1) is 30.6. The molecule has 1 fully saturated rings. The summed E-state index contributed by atoms with van der Waals surface area (Å²) in [5.74, 6) is 4.08. The zero-order valence-corrected chi connectivity index (χ0v) is 44.5. The molecule has 1 aliphatic rings. The fraction of sp³-hybridized carbons (Fsp3) is 1.00. The molecule has 0 aromatic carbocycles. The van der Waals surface area contributed by atoms with Crippen molar-refractivity contribution >= 4 is 0 Å². The Kier molecular flexibility index (Phi) is 48.8. The predicted molar refractivity (Wildman–Crippen MR) is 286 cm³/mol. The van der Waals surface area contributed by atoms with Gasteiger partial charge in [-0.1, -0.05) is 362 Å². The third kappa shape index (κ3) is 46.5. The zero-order valence-electron chi connectivity index (χ0n) is 44.5. The molecule has 1 rings (SSSR count). The second-order valence-electron chi connectivity index (χ2n) is 22.7. The van der Waals surface area contributed by atoms with Crippen molar-refractivity contribution in [1.29, 1.82) is 0 Å². The molecule has 0 nitrogen and oxygen atoms in total. The van der Waals surface area contributed by atoms with E-state index in [1.165, 1.54) is 340 Å². The first kappa shape index (κ1) is 60.0. The summed E-state index contributed by atoms with van der Waals surface area (Å²) in [4.78, 5) is 0. The van der Waals surface area contributed by atoms with Gasteiger partial charge in [-0.2, -0.15) is 0 Å². The smallest absolute Gasteiger partial charge is 0.0357 e. The number of hydrogen-bond acceptors (Lipinski definition) is 0. The van der Waals surface area contributed by atoms with E-state index >= 15 is 0 Å². The molecule has 0 heteroatoms. The van der Waals surface area contributed by atoms with Crippen LogP contribution in [0.15, 0.2) is 0 Å². The zero-order chi connectivity index (χ0) is 44.5. The van der Waals surface area contributed by atoms with Gasteiger partial charge in [0, 0.05) is 0 Å². The first-order valence-electron chi connectivity index (χ1n) is 30.6. The number of hydrogen-bond donors (Lipinski definition) is 0. The van der Waals surface area contributed by atoms with Gasteiger partial charge in [-0.3, -0.25) is 0 Å². The van der Waals surface area contributed by atoms with Gasteiger partial charge in [0.2, 0.25) is 0 Å². The van der Waals surface area contributed by atoms with Crippen LogP contribution in [0.1, 0.15) is 374 Å². The van der Waals surface area contributed by atoms with E-state index in [1.807, 2.05) is 0 Å². The highest BCUT2D eigenvalue weighted by Crippen LogP contribution is 2.49. The minimum atomic E-state index is 0.897. The Hall–Kier alpha value is 0. The van der Waals surface area contributed by atoms with E-state index in [2.05, 4.69) is 27.7 Å². The van der Waals surface area contributed by atoms with E-state index in [9.17, 15) is 0 Å². The van der Waals surface area contributed by atoms with E-state index in [1.54, 1.807) is 6.42 Å². The van der Waals surface area contributed by atoms with Crippen LogP contribution in [0.5, 0.6) is 0 Å². The van der Waals surface area contributed by atoms with E-state index < -0.39 is 0 Å². The van der Waals surface area contributed by atoms with Crippen LogP contribution in [0.4, 0.5) is 0 Å². The molecule has 0 N–H and O–H groups in total. The van der Waals surface area contributed by atoms with Gasteiger partial charge >= 0.3 is 0 Å². The Morgan fingerprint density at radius 3 is 0.645 bits per heavy atom. The summed E-state index contributed by atoms with van der Waals surface area (Å²) < 4.78 is 0. The maximum atomic E-state index is 2.55. The Bertz CT molecular complexity index is 796. The van der Waals surface area contributed by atoms with Crippen molar-refractivity contribution in [2.24, 2.45) is 23.7 Å². The summed E-state index contributed by atoms with van der Waals surface area (Å²) in [7, 11) is 0. The molecule has 0 saturated heterocycles. The van der Waals surface area contributed by atoms with Crippen molar-refractivity contribution in [3.8, 4) is 0 Å². The van der Waals surface area contributed by atoms with E-state index in [4.69, 9.17) is 0 Å². The quantitative estimate of drug-likeness (QED) is 0.0534. The van der Waals surface area contributed by atoms with Crippen molar-refractivity contribution in [2.75, 3.05) is 0 Å². The van der Waals surface area contributed by atoms with Crippen LogP contribution in [-0.2, 0) is 0 Å². The molecule has 0 radical (unpaired) electrons. The molecule has 372 valence electrons. The van der Waals surface area contributed by atoms with E-state index in [0.717, 1.165) is 23.7 Å². The molecule has 1 saturated carbocycles. The second-order valence-corrected chi connectivity index (χ2v) is 22.7. The topological polar surface area (TPSA) is 0 Å². The molecule has 3 atom stereocenters. The van der Waals surface area contributed by atoms with Crippen LogP contribution in [0.25, 0.3) is 0 Å². The van der Waals surface area contributed by atoms with Gasteiger partial charge in [0.1, 0.15) is 0 Å². The van der Waals surface area contributed by atoms with Crippen LogP contribution in [-0.4, -0.2) is 0 Å². The highest BCUT2D eigenvalue weighted by atomic mass is 14.4. The number of unbranched alkanes of at least 4 members (excludes halogenated alkanes) is 49. The molecule has 0 spiro atoms. The first-order valence-corrected chi connectivity index (χ1v) is 30.6. The van der Waals surface area contributed by atoms with Crippen molar-refractivity contribution in [3.63, 3.8) is 0 Å². The van der Waals surface area contributed by atoms with E-state index in [0.29, 0.717) is 0 Å². The lowest BCUT2D eigenvalue weighted by atomic mass is 9.94. The highest BCUT2D eigenvalue weighted by molar-refractivity contribution is 4.89. The minimum Gasteiger partial charge on any atom is -0.0654 e. The van der Waals surface area contributed by atoms with Gasteiger partial charge < -0.3 is 0 Å². The SMILES string of the molecule is CCCCCCCCCCCCCCCCCCCCCCCCCCCCCCCCCCCCCCCCCCCCCCCCCCCCC(C)C1CC1CCC(C)C. The molecule has 0 bridgehead atoms. The molecule has 0 aromatic heterocycles. The molecule has 0 aromatic rings. The lowest BCUT2D eigenvalue weighted by Crippen LogP contribution is -2.00. The minimum absolute atomic E-state index is 0.897. The van der Waals surface area contributed by atoms with Crippen LogP contribution in [0.2, 0.25) is 0 Å². The molecule has 0 aliphatic heterocycles. The summed E-state index contributed by atoms with van der Waals surface area (Å²) in [5.41, 5.74) is 0. The molecule has 3 unspecified atom stereocenters. The van der Waals surface area contributed by atoms with Crippen LogP contribution >= 0.6 is 0 Å². The highest BCUT2D eigenvalue weighted by Gasteiger charge is 2.39. The summed E-state index contributed by atoms with van der Waals surface area (Å²) >= 11 is 0. The second kappa shape index (κ2) is 50.4. The fourth-order valence-corrected chi connectivity index (χ4v) is 11.1. The van der Waals surface area contributed by atoms with Crippen LogP contribution in [0.3, 0.4) is 0 Å². The Labute approximate surface area is 396 Å². The average Bonchev–Trinajstić information content (AvgIpc) is 4.06. The Morgan fingerprint density at radius 1 is 0.258 bits per heavy atom. The average molecular weight is 870 g/mol. The van der Waals surface area contributed by atoms with Crippen molar-refractivity contribution in [2.45, 2.75) is 374 Å². The van der Waals surface area contributed by atoms with Crippen molar-refractivity contribution in [1.82, 2.24) is 0 Å². The molecule has 0 heterocycles. The Morgan fingerprint density at radius 2 is 0.452 bits per heavy atom. The molecule has 0 amide bonds. The van der Waals surface area contributed by atoms with Crippen LogP contribution < -0.4 is 0 Å². The maximum absolute atomic E-state index is 2.55. The summed E-state index contributed by atoms with van der Waals surface area (Å²) in [6.45, 7) is 9.63. The van der Waals surface area contributed by atoms with E-state index in [-0.39, 0.29) is 0 Å². The van der Waals surface area contributed by atoms with Gasteiger partial charge in [-0.25, -0.2) is 0 Å². The van der Waals surface area contributed by atoms with Crippen molar-refractivity contribution < 1.29 is 0 Å². The molecular weight excluding hydrogens is 745 g/mol. The van der Waals surface area contributed by atoms with Gasteiger partial charge in [-0.15, -0.1) is 0 Å². The number of rotatable bonds is 55. The predicted octanol–water partition coefficient (Wildman–Crippen LogP) is 23.6. The normalized spacial score (nSPS) is 15.6. The van der Waals surface area contributed by atoms with Crippen LogP contribution in [0, 0.1) is 23.7 Å². The molecule has 62 heavy (non-hydrogen) atoms. The molecular formula is C62H124. The Balaban J connectivity index is 1.60. The molecule has 1 aliphatic carbocycles. The van der Waals surface area contributed by atoms with Crippen molar-refractivity contribution in [3.05, 3.63) is 0 Å². The third-order valence-electron chi connectivity index (χ3n) is 15.8. The largest absolute Gasteiger partial charge is 0.0654 e. The van der Waals surface area contributed by atoms with Gasteiger partial charge in [0.25, 0.3) is 0 Å². The van der Waals surface area contributed by atoms with Gasteiger partial charge in [0.05, 0.1) is 0 Å². The standard InChI is InChI=1S/C62H124/c1-5-6-7-8-9-10-11-12-13-14-15-16-17-18-19-20-21-22-23-24-25-26-27-28-29-30-31-32-33-34-35-36-37-38-39-40-41-42-43-44-45-46-47-48-49-50-51-52-53-54-55-60(4)62-58-61(62)57-56-59(2)3/h59-62H,5-58H2,1-4H3. The van der Waals surface area contributed by atoms with Gasteiger partial charge in [0.15, 0.2) is 0 Å². The lowest BCUT2D eigenvalue weighted by molar-refractivity contribution is 0.400. The summed E-state index contributed by atoms with van der Waals surface area (Å²) in [6.07, 6.45) is 80.6. The maximum Gasteiger partial charge on any atom is -0.0357 e. The fourth-order valence-electron chi connectivity index (χ4n) is 11.1.